The zero-order valence-electron chi connectivity index (χ0n) is 17.1. The zero-order valence-corrected chi connectivity index (χ0v) is 21.5. The van der Waals surface area contributed by atoms with Crippen molar-refractivity contribution in [2.75, 3.05) is 6.61 Å². The van der Waals surface area contributed by atoms with Crippen LogP contribution in [0.1, 0.15) is 25.0 Å². The van der Waals surface area contributed by atoms with Crippen molar-refractivity contribution < 1.29 is 23.9 Å². The maximum absolute atomic E-state index is 12.7. The second-order valence-corrected chi connectivity index (χ2v) is 9.76. The predicted octanol–water partition coefficient (Wildman–Crippen LogP) is 6.16. The third-order valence-electron chi connectivity index (χ3n) is 4.45. The lowest BCUT2D eigenvalue weighted by Crippen LogP contribution is -2.42. The van der Waals surface area contributed by atoms with Crippen LogP contribution in [0.2, 0.25) is 10.0 Å². The molecule has 0 aromatic heterocycles. The predicted molar refractivity (Wildman–Crippen MR) is 134 cm³/mol. The minimum atomic E-state index is -1.02. The summed E-state index contributed by atoms with van der Waals surface area (Å²) in [5.74, 6) is -0.892. The summed E-state index contributed by atoms with van der Waals surface area (Å²) in [6.45, 7) is 3.55. The molecule has 0 radical (unpaired) electrons. The van der Waals surface area contributed by atoms with E-state index in [1.54, 1.807) is 19.1 Å². The Labute approximate surface area is 213 Å². The fraction of sp³-hybridized carbons (Fsp3) is 0.227. The SMILES string of the molecule is CCOC(=O)[C@H](C)N1C(=O)S/C(=C/c2cc(Cl)c(OCc3ccc(I)cc3)c(Cl)c2)C1=O. The Bertz CT molecular complexity index is 1070. The summed E-state index contributed by atoms with van der Waals surface area (Å²) in [4.78, 5) is 38.0. The van der Waals surface area contributed by atoms with E-state index in [2.05, 4.69) is 22.6 Å². The highest BCUT2D eigenvalue weighted by atomic mass is 127. The van der Waals surface area contributed by atoms with Gasteiger partial charge in [0.2, 0.25) is 0 Å². The number of benzene rings is 2. The van der Waals surface area contributed by atoms with E-state index in [-0.39, 0.29) is 21.6 Å². The van der Waals surface area contributed by atoms with Crippen molar-refractivity contribution in [3.8, 4) is 5.75 Å². The Morgan fingerprint density at radius 3 is 2.41 bits per heavy atom. The molecule has 0 aliphatic carbocycles. The number of carbonyl (C=O) groups is 3. The van der Waals surface area contributed by atoms with Gasteiger partial charge in [0, 0.05) is 3.57 Å². The van der Waals surface area contributed by atoms with E-state index >= 15 is 0 Å². The van der Waals surface area contributed by atoms with Gasteiger partial charge in [-0.25, -0.2) is 4.79 Å². The topological polar surface area (TPSA) is 72.9 Å². The summed E-state index contributed by atoms with van der Waals surface area (Å²) in [6, 6.07) is 10.0. The molecule has 168 valence electrons. The molecule has 0 saturated carbocycles. The third kappa shape index (κ3) is 5.78. The zero-order chi connectivity index (χ0) is 23.4. The number of nitrogens with zero attached hydrogens (tertiary/aromatic N) is 1. The van der Waals surface area contributed by atoms with Crippen LogP contribution in [0.4, 0.5) is 4.79 Å². The molecule has 0 bridgehead atoms. The molecule has 6 nitrogen and oxygen atoms in total. The highest BCUT2D eigenvalue weighted by molar-refractivity contribution is 14.1. The van der Waals surface area contributed by atoms with Crippen LogP contribution in [0.5, 0.6) is 5.75 Å². The lowest BCUT2D eigenvalue weighted by atomic mass is 10.2. The molecule has 2 amide bonds. The van der Waals surface area contributed by atoms with E-state index in [0.29, 0.717) is 17.9 Å². The molecular formula is C22H18Cl2INO5S. The molecule has 0 N–H and O–H groups in total. The summed E-state index contributed by atoms with van der Waals surface area (Å²) in [5.41, 5.74) is 1.49. The van der Waals surface area contributed by atoms with Gasteiger partial charge in [-0.3, -0.25) is 14.5 Å². The van der Waals surface area contributed by atoms with Crippen LogP contribution in [0.15, 0.2) is 41.3 Å². The lowest BCUT2D eigenvalue weighted by molar-refractivity contribution is -0.150. The largest absolute Gasteiger partial charge is 0.486 e. The second kappa shape index (κ2) is 10.9. The van der Waals surface area contributed by atoms with Gasteiger partial charge in [-0.2, -0.15) is 0 Å². The van der Waals surface area contributed by atoms with Crippen LogP contribution in [-0.4, -0.2) is 34.7 Å². The molecule has 1 atom stereocenters. The molecule has 1 heterocycles. The van der Waals surface area contributed by atoms with E-state index in [1.165, 1.54) is 13.0 Å². The molecule has 2 aromatic rings. The summed E-state index contributed by atoms with van der Waals surface area (Å²) >= 11 is 15.7. The standard InChI is InChI=1S/C22H18Cl2INO5S/c1-3-30-21(28)12(2)26-20(27)18(32-22(26)29)10-14-8-16(23)19(17(24)9-14)31-11-13-4-6-15(25)7-5-13/h4-10,12H,3,11H2,1-2H3/b18-10+/t12-/m0/s1. The number of hydrogen-bond acceptors (Lipinski definition) is 6. The average molecular weight is 606 g/mol. The molecule has 3 rings (SSSR count). The average Bonchev–Trinajstić information content (AvgIpc) is 3.01. The Morgan fingerprint density at radius 1 is 1.19 bits per heavy atom. The van der Waals surface area contributed by atoms with E-state index < -0.39 is 23.2 Å². The molecule has 0 spiro atoms. The van der Waals surface area contributed by atoms with Gasteiger partial charge in [0.25, 0.3) is 11.1 Å². The van der Waals surface area contributed by atoms with Gasteiger partial charge in [-0.15, -0.1) is 0 Å². The van der Waals surface area contributed by atoms with Crippen LogP contribution < -0.4 is 4.74 Å². The Hall–Kier alpha value is -1.75. The molecule has 2 aromatic carbocycles. The van der Waals surface area contributed by atoms with Crippen molar-refractivity contribution >= 4 is 80.7 Å². The van der Waals surface area contributed by atoms with Crippen LogP contribution >= 0.6 is 57.6 Å². The molecule has 1 fully saturated rings. The first kappa shape index (κ1) is 24.9. The van der Waals surface area contributed by atoms with Gasteiger partial charge in [0.1, 0.15) is 12.6 Å². The number of carbonyl (C=O) groups excluding carboxylic acids is 3. The fourth-order valence-electron chi connectivity index (χ4n) is 2.87. The number of halogens is 3. The molecule has 0 unspecified atom stereocenters. The summed E-state index contributed by atoms with van der Waals surface area (Å²) in [5, 5.41) is -0.00163. The van der Waals surface area contributed by atoms with Crippen molar-refractivity contribution in [2.24, 2.45) is 0 Å². The van der Waals surface area contributed by atoms with Crippen LogP contribution in [0.25, 0.3) is 6.08 Å². The van der Waals surface area contributed by atoms with Gasteiger partial charge in [-0.05, 0) is 89.7 Å². The van der Waals surface area contributed by atoms with Crippen molar-refractivity contribution in [3.63, 3.8) is 0 Å². The van der Waals surface area contributed by atoms with E-state index in [0.717, 1.165) is 25.8 Å². The molecule has 32 heavy (non-hydrogen) atoms. The molecule has 1 saturated heterocycles. The first-order valence-electron chi connectivity index (χ1n) is 9.51. The monoisotopic (exact) mass is 605 g/mol. The van der Waals surface area contributed by atoms with Crippen molar-refractivity contribution in [1.29, 1.82) is 0 Å². The minimum absolute atomic E-state index is 0.157. The number of ether oxygens (including phenoxy) is 2. The summed E-state index contributed by atoms with van der Waals surface area (Å²) in [6.07, 6.45) is 1.50. The Kier molecular flexibility index (Phi) is 8.49. The van der Waals surface area contributed by atoms with Crippen molar-refractivity contribution in [1.82, 2.24) is 4.90 Å². The molecule has 1 aliphatic rings. The summed E-state index contributed by atoms with van der Waals surface area (Å²) in [7, 11) is 0. The van der Waals surface area contributed by atoms with Crippen molar-refractivity contribution in [2.45, 2.75) is 26.5 Å². The number of amides is 2. The van der Waals surface area contributed by atoms with Crippen LogP contribution in [-0.2, 0) is 20.9 Å². The smallest absolute Gasteiger partial charge is 0.329 e. The molecule has 1 aliphatic heterocycles. The van der Waals surface area contributed by atoms with Gasteiger partial charge in [-0.1, -0.05) is 35.3 Å². The van der Waals surface area contributed by atoms with Gasteiger partial charge >= 0.3 is 5.97 Å². The normalized spacial score (nSPS) is 15.9. The lowest BCUT2D eigenvalue weighted by Gasteiger charge is -2.19. The van der Waals surface area contributed by atoms with Gasteiger partial charge < -0.3 is 9.47 Å². The van der Waals surface area contributed by atoms with Gasteiger partial charge in [0.05, 0.1) is 21.6 Å². The fourth-order valence-corrected chi connectivity index (χ4v) is 4.75. The number of esters is 1. The Morgan fingerprint density at radius 2 is 1.81 bits per heavy atom. The highest BCUT2D eigenvalue weighted by Gasteiger charge is 2.41. The number of rotatable bonds is 7. The quantitative estimate of drug-likeness (QED) is 0.214. The second-order valence-electron chi connectivity index (χ2n) is 6.71. The maximum Gasteiger partial charge on any atom is 0.329 e. The van der Waals surface area contributed by atoms with E-state index in [1.807, 2.05) is 24.3 Å². The highest BCUT2D eigenvalue weighted by Crippen LogP contribution is 2.38. The number of hydrogen-bond donors (Lipinski definition) is 0. The molecule has 10 heteroatoms. The third-order valence-corrected chi connectivity index (χ3v) is 6.62. The first-order chi connectivity index (χ1) is 15.2. The van der Waals surface area contributed by atoms with E-state index in [9.17, 15) is 14.4 Å². The first-order valence-corrected chi connectivity index (χ1v) is 12.2. The Balaban J connectivity index is 1.77. The van der Waals surface area contributed by atoms with Crippen LogP contribution in [0.3, 0.4) is 0 Å². The number of imide groups is 1. The van der Waals surface area contributed by atoms with Gasteiger partial charge in [0.15, 0.2) is 5.75 Å². The number of thioether (sulfide) groups is 1. The van der Waals surface area contributed by atoms with Crippen LogP contribution in [0, 0.1) is 3.57 Å². The van der Waals surface area contributed by atoms with E-state index in [4.69, 9.17) is 32.7 Å². The maximum atomic E-state index is 12.7. The van der Waals surface area contributed by atoms with Crippen molar-refractivity contribution in [3.05, 3.63) is 66.0 Å². The molecular weight excluding hydrogens is 588 g/mol. The summed E-state index contributed by atoms with van der Waals surface area (Å²) < 4.78 is 11.8. The minimum Gasteiger partial charge on any atom is -0.486 e.